The Hall–Kier alpha value is -5.60. The van der Waals surface area contributed by atoms with Crippen LogP contribution in [0.15, 0.2) is 181 Å². The number of hydrogen-bond acceptors (Lipinski definition) is 2. The molecule has 5 aromatic carbocycles. The maximum Gasteiger partial charge on any atom is 0.0518 e. The third-order valence-electron chi connectivity index (χ3n) is 10.9. The minimum Gasteiger partial charge on any atom is -0.314 e. The quantitative estimate of drug-likeness (QED) is 0.162. The summed E-state index contributed by atoms with van der Waals surface area (Å²) < 4.78 is 0. The van der Waals surface area contributed by atoms with E-state index in [1.54, 1.807) is 0 Å². The van der Waals surface area contributed by atoms with Crippen molar-refractivity contribution < 1.29 is 0 Å². The third-order valence-corrected chi connectivity index (χ3v) is 10.9. The standard InChI is InChI=1S/C48H42N2/c1-5-13-35(14-6-1)36-21-23-37(24-22-36)38-25-27-39(28-26-38)40-29-32-47-46(33-40)45-31-30-44(34-48(45)50(47)43-19-11-4-12-20-43)49(41-15-7-2-8-16-41)42-17-9-3-10-18-42/h1-3,5,7-11,15-32,34-35,46H,4,6,12-14,33H2. The molecule has 5 aromatic rings. The second kappa shape index (κ2) is 13.4. The number of hydrogen-bond donors (Lipinski definition) is 0. The molecule has 1 heterocycles. The van der Waals surface area contributed by atoms with Gasteiger partial charge in [-0.25, -0.2) is 0 Å². The van der Waals surface area contributed by atoms with Gasteiger partial charge in [0.2, 0.25) is 0 Å². The van der Waals surface area contributed by atoms with E-state index in [0.717, 1.165) is 42.7 Å². The molecular weight excluding hydrogens is 605 g/mol. The first kappa shape index (κ1) is 30.5. The number of fused-ring (bicyclic) bond motifs is 3. The number of nitrogens with zero attached hydrogens (tertiary/aromatic N) is 2. The zero-order chi connectivity index (χ0) is 33.3. The smallest absolute Gasteiger partial charge is 0.0518 e. The number of benzene rings is 5. The fourth-order valence-electron chi connectivity index (χ4n) is 8.28. The van der Waals surface area contributed by atoms with Crippen molar-refractivity contribution in [2.45, 2.75) is 50.4 Å². The second-order valence-electron chi connectivity index (χ2n) is 13.9. The first-order chi connectivity index (χ1) is 24.8. The van der Waals surface area contributed by atoms with Crippen molar-refractivity contribution in [3.63, 3.8) is 0 Å². The van der Waals surface area contributed by atoms with Crippen molar-refractivity contribution in [2.75, 3.05) is 9.80 Å². The Labute approximate surface area is 296 Å². The normalized spacial score (nSPS) is 19.3. The molecular formula is C48H42N2. The van der Waals surface area contributed by atoms with Crippen LogP contribution in [0.1, 0.15) is 67.1 Å². The minimum absolute atomic E-state index is 0.305. The molecule has 4 aliphatic rings. The summed E-state index contributed by atoms with van der Waals surface area (Å²) in [4.78, 5) is 4.89. The van der Waals surface area contributed by atoms with Crippen molar-refractivity contribution in [3.05, 3.63) is 198 Å². The van der Waals surface area contributed by atoms with Gasteiger partial charge in [-0.05, 0) is 126 Å². The lowest BCUT2D eigenvalue weighted by atomic mass is 9.84. The second-order valence-corrected chi connectivity index (χ2v) is 13.9. The molecule has 0 radical (unpaired) electrons. The molecule has 2 nitrogen and oxygen atoms in total. The summed E-state index contributed by atoms with van der Waals surface area (Å²) in [6.07, 6.45) is 23.2. The van der Waals surface area contributed by atoms with Crippen LogP contribution >= 0.6 is 0 Å². The van der Waals surface area contributed by atoms with Crippen molar-refractivity contribution in [1.29, 1.82) is 0 Å². The average molecular weight is 647 g/mol. The largest absolute Gasteiger partial charge is 0.314 e. The van der Waals surface area contributed by atoms with Crippen LogP contribution in [-0.2, 0) is 0 Å². The molecule has 1 aliphatic heterocycles. The van der Waals surface area contributed by atoms with E-state index in [1.807, 2.05) is 0 Å². The summed E-state index contributed by atoms with van der Waals surface area (Å²) in [6, 6.07) is 47.1. The molecule has 2 atom stereocenters. The number of allylic oxidation sites excluding steroid dienone is 9. The van der Waals surface area contributed by atoms with Gasteiger partial charge >= 0.3 is 0 Å². The maximum atomic E-state index is 2.52. The van der Waals surface area contributed by atoms with Gasteiger partial charge in [0.05, 0.1) is 5.69 Å². The zero-order valence-electron chi connectivity index (χ0n) is 28.5. The SMILES string of the molecule is C1=CC(N2C3=CC=C(c4ccc(-c5ccc(C6CC=CCC6)cc5)cc4)CC3c3ccc(N(c4ccccc4)c4ccccc4)cc32)=CCC1. The zero-order valence-corrected chi connectivity index (χ0v) is 28.5. The Morgan fingerprint density at radius 2 is 1.28 bits per heavy atom. The predicted molar refractivity (Wildman–Crippen MR) is 211 cm³/mol. The summed E-state index contributed by atoms with van der Waals surface area (Å²) in [5, 5.41) is 0. The summed E-state index contributed by atoms with van der Waals surface area (Å²) in [7, 11) is 0. The molecule has 0 saturated heterocycles. The topological polar surface area (TPSA) is 6.48 Å². The van der Waals surface area contributed by atoms with Crippen molar-refractivity contribution in [1.82, 2.24) is 0 Å². The Balaban J connectivity index is 1.03. The van der Waals surface area contributed by atoms with Gasteiger partial charge in [0.1, 0.15) is 0 Å². The third kappa shape index (κ3) is 5.75. The lowest BCUT2D eigenvalue weighted by Crippen LogP contribution is -2.20. The molecule has 0 aromatic heterocycles. The molecule has 2 unspecified atom stereocenters. The van der Waals surface area contributed by atoms with Crippen LogP contribution in [0.3, 0.4) is 0 Å². The molecule has 0 fully saturated rings. The predicted octanol–water partition coefficient (Wildman–Crippen LogP) is 13.2. The lowest BCUT2D eigenvalue weighted by Gasteiger charge is -2.29. The molecule has 50 heavy (non-hydrogen) atoms. The van der Waals surface area contributed by atoms with Crippen molar-refractivity contribution in [2.24, 2.45) is 0 Å². The van der Waals surface area contributed by atoms with Gasteiger partial charge in [0.25, 0.3) is 0 Å². The highest BCUT2D eigenvalue weighted by atomic mass is 15.2. The van der Waals surface area contributed by atoms with E-state index in [0.29, 0.717) is 11.8 Å². The highest BCUT2D eigenvalue weighted by Gasteiger charge is 2.37. The van der Waals surface area contributed by atoms with Gasteiger partial charge in [-0.15, -0.1) is 0 Å². The average Bonchev–Trinajstić information content (AvgIpc) is 3.53. The molecule has 3 aliphatic carbocycles. The van der Waals surface area contributed by atoms with Crippen LogP contribution in [0.25, 0.3) is 16.7 Å². The molecule has 0 N–H and O–H groups in total. The Morgan fingerprint density at radius 1 is 0.580 bits per heavy atom. The fourth-order valence-corrected chi connectivity index (χ4v) is 8.28. The highest BCUT2D eigenvalue weighted by Crippen LogP contribution is 2.53. The van der Waals surface area contributed by atoms with Crippen molar-refractivity contribution >= 4 is 28.3 Å². The van der Waals surface area contributed by atoms with Gasteiger partial charge in [0.15, 0.2) is 0 Å². The van der Waals surface area contributed by atoms with E-state index in [-0.39, 0.29) is 0 Å². The van der Waals surface area contributed by atoms with Crippen LogP contribution in [0.2, 0.25) is 0 Å². The molecule has 0 bridgehead atoms. The number of rotatable bonds is 7. The van der Waals surface area contributed by atoms with Crippen LogP contribution in [0, 0.1) is 0 Å². The van der Waals surface area contributed by atoms with Gasteiger partial charge in [-0.2, -0.15) is 0 Å². The van der Waals surface area contributed by atoms with Crippen molar-refractivity contribution in [3.8, 4) is 11.1 Å². The molecule has 0 saturated carbocycles. The number of para-hydroxylation sites is 2. The highest BCUT2D eigenvalue weighted by molar-refractivity contribution is 5.85. The van der Waals surface area contributed by atoms with E-state index in [9.17, 15) is 0 Å². The van der Waals surface area contributed by atoms with Gasteiger partial charge in [0, 0.05) is 34.4 Å². The van der Waals surface area contributed by atoms with Crippen LogP contribution in [0.5, 0.6) is 0 Å². The van der Waals surface area contributed by atoms with Gasteiger partial charge in [-0.3, -0.25) is 0 Å². The molecule has 0 amide bonds. The van der Waals surface area contributed by atoms with Crippen LogP contribution in [-0.4, -0.2) is 0 Å². The van der Waals surface area contributed by atoms with Crippen LogP contribution in [0.4, 0.5) is 22.7 Å². The van der Waals surface area contributed by atoms with E-state index in [1.165, 1.54) is 63.3 Å². The van der Waals surface area contributed by atoms with E-state index in [2.05, 4.69) is 180 Å². The summed E-state index contributed by atoms with van der Waals surface area (Å²) in [5.41, 5.74) is 15.5. The van der Waals surface area contributed by atoms with Gasteiger partial charge < -0.3 is 9.80 Å². The summed E-state index contributed by atoms with van der Waals surface area (Å²) in [5.74, 6) is 0.965. The lowest BCUT2D eigenvalue weighted by molar-refractivity contribution is 0.617. The first-order valence-corrected chi connectivity index (χ1v) is 18.3. The Kier molecular flexibility index (Phi) is 8.14. The molecule has 244 valence electrons. The first-order valence-electron chi connectivity index (χ1n) is 18.3. The molecule has 9 rings (SSSR count). The number of anilines is 4. The maximum absolute atomic E-state index is 2.52. The molecule has 0 spiro atoms. The monoisotopic (exact) mass is 646 g/mol. The molecule has 2 heteroatoms. The van der Waals surface area contributed by atoms with E-state index < -0.39 is 0 Å². The Morgan fingerprint density at radius 3 is 1.94 bits per heavy atom. The van der Waals surface area contributed by atoms with Gasteiger partial charge in [-0.1, -0.05) is 121 Å². The van der Waals surface area contributed by atoms with E-state index in [4.69, 9.17) is 0 Å². The minimum atomic E-state index is 0.305. The van der Waals surface area contributed by atoms with E-state index >= 15 is 0 Å². The Bertz CT molecular complexity index is 2110. The fraction of sp³-hybridized carbons (Fsp3) is 0.167. The summed E-state index contributed by atoms with van der Waals surface area (Å²) in [6.45, 7) is 0. The summed E-state index contributed by atoms with van der Waals surface area (Å²) >= 11 is 0. The van der Waals surface area contributed by atoms with Crippen LogP contribution < -0.4 is 9.80 Å².